The molecular formula is C16H13Br2N3O. The van der Waals surface area contributed by atoms with Gasteiger partial charge in [-0.05, 0) is 61.7 Å². The highest BCUT2D eigenvalue weighted by Gasteiger charge is 2.07. The van der Waals surface area contributed by atoms with Gasteiger partial charge in [0.2, 0.25) is 5.91 Å². The number of anilines is 2. The van der Waals surface area contributed by atoms with Gasteiger partial charge in [-0.2, -0.15) is 5.26 Å². The first-order valence-corrected chi connectivity index (χ1v) is 8.12. The summed E-state index contributed by atoms with van der Waals surface area (Å²) >= 11 is 6.87. The van der Waals surface area contributed by atoms with Crippen LogP contribution in [-0.2, 0) is 11.2 Å². The number of nitrogens with one attached hydrogen (secondary N) is 2. The predicted octanol–water partition coefficient (Wildman–Crippen LogP) is 4.33. The smallest absolute Gasteiger partial charge is 0.243 e. The molecule has 4 nitrogen and oxygen atoms in total. The van der Waals surface area contributed by atoms with Gasteiger partial charge in [-0.3, -0.25) is 4.79 Å². The third-order valence-corrected chi connectivity index (χ3v) is 4.23. The second-order valence-corrected chi connectivity index (χ2v) is 6.24. The van der Waals surface area contributed by atoms with Gasteiger partial charge in [-0.1, -0.05) is 18.2 Å². The second-order valence-electron chi connectivity index (χ2n) is 4.53. The van der Waals surface area contributed by atoms with E-state index in [1.165, 1.54) is 0 Å². The Balaban J connectivity index is 1.92. The molecule has 0 atom stereocenters. The molecule has 0 aromatic heterocycles. The van der Waals surface area contributed by atoms with Gasteiger partial charge < -0.3 is 10.6 Å². The molecule has 6 heteroatoms. The van der Waals surface area contributed by atoms with Crippen molar-refractivity contribution in [3.8, 4) is 6.07 Å². The molecule has 2 aromatic rings. The van der Waals surface area contributed by atoms with Gasteiger partial charge in [0.1, 0.15) is 0 Å². The van der Waals surface area contributed by atoms with Crippen LogP contribution in [0.25, 0.3) is 0 Å². The minimum absolute atomic E-state index is 0.143. The molecule has 0 aliphatic rings. The molecule has 0 saturated carbocycles. The minimum atomic E-state index is -0.143. The summed E-state index contributed by atoms with van der Waals surface area (Å²) in [4.78, 5) is 12.0. The lowest BCUT2D eigenvalue weighted by Gasteiger charge is -2.11. The van der Waals surface area contributed by atoms with E-state index < -0.39 is 0 Å². The number of rotatable bonds is 5. The highest BCUT2D eigenvalue weighted by Crippen LogP contribution is 2.30. The van der Waals surface area contributed by atoms with Gasteiger partial charge in [-0.25, -0.2) is 0 Å². The van der Waals surface area contributed by atoms with Gasteiger partial charge in [-0.15, -0.1) is 0 Å². The van der Waals surface area contributed by atoms with E-state index in [1.807, 2.05) is 30.3 Å². The summed E-state index contributed by atoms with van der Waals surface area (Å²) in [6, 6.07) is 15.0. The molecule has 0 bridgehead atoms. The molecule has 22 heavy (non-hydrogen) atoms. The van der Waals surface area contributed by atoms with Crippen molar-refractivity contribution in [2.75, 3.05) is 17.2 Å². The van der Waals surface area contributed by atoms with Crippen molar-refractivity contribution in [2.24, 2.45) is 0 Å². The van der Waals surface area contributed by atoms with Crippen LogP contribution in [0.2, 0.25) is 0 Å². The van der Waals surface area contributed by atoms with E-state index in [-0.39, 0.29) is 12.5 Å². The van der Waals surface area contributed by atoms with Gasteiger partial charge in [0.05, 0.1) is 24.7 Å². The molecule has 0 heterocycles. The van der Waals surface area contributed by atoms with Crippen LogP contribution in [0.4, 0.5) is 11.4 Å². The minimum Gasteiger partial charge on any atom is -0.374 e. The van der Waals surface area contributed by atoms with Crippen LogP contribution in [0.1, 0.15) is 5.56 Å². The van der Waals surface area contributed by atoms with Crippen LogP contribution in [0.3, 0.4) is 0 Å². The Kier molecular flexibility index (Phi) is 5.99. The van der Waals surface area contributed by atoms with Crippen molar-refractivity contribution >= 4 is 49.1 Å². The number of carbonyl (C=O) groups is 1. The largest absolute Gasteiger partial charge is 0.374 e. The fraction of sp³-hybridized carbons (Fsp3) is 0.125. The lowest BCUT2D eigenvalue weighted by atomic mass is 10.1. The molecule has 0 aliphatic heterocycles. The van der Waals surface area contributed by atoms with Crippen LogP contribution in [-0.4, -0.2) is 12.5 Å². The van der Waals surface area contributed by atoms with Gasteiger partial charge in [0.15, 0.2) is 0 Å². The summed E-state index contributed by atoms with van der Waals surface area (Å²) in [5.74, 6) is -0.143. The fourth-order valence-corrected chi connectivity index (χ4v) is 3.12. The third kappa shape index (κ3) is 4.58. The maximum Gasteiger partial charge on any atom is 0.243 e. The van der Waals surface area contributed by atoms with E-state index in [0.717, 1.165) is 20.2 Å². The van der Waals surface area contributed by atoms with Gasteiger partial charge in [0.25, 0.3) is 0 Å². The van der Waals surface area contributed by atoms with Crippen LogP contribution >= 0.6 is 31.9 Å². The van der Waals surface area contributed by atoms with Crippen LogP contribution in [0.15, 0.2) is 51.4 Å². The monoisotopic (exact) mass is 421 g/mol. The second kappa shape index (κ2) is 7.97. The molecule has 0 saturated heterocycles. The topological polar surface area (TPSA) is 64.9 Å². The van der Waals surface area contributed by atoms with Crippen molar-refractivity contribution in [3.63, 3.8) is 0 Å². The average molecular weight is 423 g/mol. The van der Waals surface area contributed by atoms with Crippen molar-refractivity contribution in [2.45, 2.75) is 6.42 Å². The third-order valence-electron chi connectivity index (χ3n) is 2.91. The number of carbonyl (C=O) groups excluding carboxylic acids is 1. The highest BCUT2D eigenvalue weighted by molar-refractivity contribution is 9.11. The first-order valence-electron chi connectivity index (χ1n) is 6.54. The maximum absolute atomic E-state index is 12.0. The lowest BCUT2D eigenvalue weighted by molar-refractivity contribution is -0.114. The number of para-hydroxylation sites is 1. The first kappa shape index (κ1) is 16.5. The molecule has 2 rings (SSSR count). The summed E-state index contributed by atoms with van der Waals surface area (Å²) in [5.41, 5.74) is 2.47. The molecule has 0 spiro atoms. The number of amides is 1. The van der Waals surface area contributed by atoms with Gasteiger partial charge >= 0.3 is 0 Å². The molecule has 112 valence electrons. The Morgan fingerprint density at radius 1 is 1.09 bits per heavy atom. The molecule has 0 radical (unpaired) electrons. The number of halogens is 2. The Morgan fingerprint density at radius 3 is 2.32 bits per heavy atom. The zero-order valence-corrected chi connectivity index (χ0v) is 14.7. The Labute approximate surface area is 145 Å². The van der Waals surface area contributed by atoms with Crippen molar-refractivity contribution in [1.82, 2.24) is 0 Å². The maximum atomic E-state index is 12.0. The molecule has 1 amide bonds. The highest BCUT2D eigenvalue weighted by atomic mass is 79.9. The molecule has 0 unspecified atom stereocenters. The van der Waals surface area contributed by atoms with Crippen LogP contribution in [0, 0.1) is 11.3 Å². The van der Waals surface area contributed by atoms with E-state index in [0.29, 0.717) is 12.1 Å². The number of nitriles is 1. The number of hydrogen-bond acceptors (Lipinski definition) is 3. The number of hydrogen-bond donors (Lipinski definition) is 2. The summed E-state index contributed by atoms with van der Waals surface area (Å²) in [6.07, 6.45) is 0.367. The average Bonchev–Trinajstić information content (AvgIpc) is 2.49. The van der Waals surface area contributed by atoms with E-state index in [1.54, 1.807) is 12.1 Å². The number of nitrogens with zero attached hydrogens (tertiary/aromatic N) is 1. The molecule has 2 N–H and O–H groups in total. The first-order chi connectivity index (χ1) is 10.6. The van der Waals surface area contributed by atoms with Crippen LogP contribution in [0.5, 0.6) is 0 Å². The zero-order valence-electron chi connectivity index (χ0n) is 11.6. The predicted molar refractivity (Wildman–Crippen MR) is 94.7 cm³/mol. The van der Waals surface area contributed by atoms with Crippen molar-refractivity contribution in [1.29, 1.82) is 5.26 Å². The molecule has 0 fully saturated rings. The van der Waals surface area contributed by atoms with E-state index >= 15 is 0 Å². The van der Waals surface area contributed by atoms with E-state index in [9.17, 15) is 4.79 Å². The van der Waals surface area contributed by atoms with Crippen molar-refractivity contribution < 1.29 is 4.79 Å². The fourth-order valence-electron chi connectivity index (χ4n) is 1.84. The summed E-state index contributed by atoms with van der Waals surface area (Å²) < 4.78 is 1.77. The summed E-state index contributed by atoms with van der Waals surface area (Å²) in [5, 5.41) is 14.5. The Hall–Kier alpha value is -1.84. The Bertz CT molecular complexity index is 688. The SMILES string of the molecule is N#CCc1ccc(NC(=O)CNc2c(Br)cccc2Br)cc1. The van der Waals surface area contributed by atoms with Gasteiger partial charge in [0, 0.05) is 14.6 Å². The zero-order chi connectivity index (χ0) is 15.9. The lowest BCUT2D eigenvalue weighted by Crippen LogP contribution is -2.22. The van der Waals surface area contributed by atoms with E-state index in [4.69, 9.17) is 5.26 Å². The summed E-state index contributed by atoms with van der Waals surface area (Å²) in [7, 11) is 0. The Morgan fingerprint density at radius 2 is 1.73 bits per heavy atom. The number of benzene rings is 2. The standard InChI is InChI=1S/C16H13Br2N3O/c17-13-2-1-3-14(18)16(13)20-10-15(22)21-12-6-4-11(5-7-12)8-9-19/h1-7,20H,8,10H2,(H,21,22). The molecule has 2 aromatic carbocycles. The summed E-state index contributed by atoms with van der Waals surface area (Å²) in [6.45, 7) is 0.154. The van der Waals surface area contributed by atoms with E-state index in [2.05, 4.69) is 48.6 Å². The molecular weight excluding hydrogens is 410 g/mol. The quantitative estimate of drug-likeness (QED) is 0.753. The molecule has 0 aliphatic carbocycles. The normalized spacial score (nSPS) is 9.86. The van der Waals surface area contributed by atoms with Crippen LogP contribution < -0.4 is 10.6 Å². The van der Waals surface area contributed by atoms with Crippen molar-refractivity contribution in [3.05, 3.63) is 57.0 Å².